The molecule has 0 N–H and O–H groups in total. The first-order chi connectivity index (χ1) is 19.9. The van der Waals surface area contributed by atoms with Gasteiger partial charge in [0.2, 0.25) is 11.2 Å². The molecule has 0 saturated carbocycles. The predicted octanol–water partition coefficient (Wildman–Crippen LogP) is 6.35. The highest BCUT2D eigenvalue weighted by Crippen LogP contribution is 2.40. The number of rotatable bonds is 6. The summed E-state index contributed by atoms with van der Waals surface area (Å²) in [6.07, 6.45) is 0. The molecule has 0 bridgehead atoms. The van der Waals surface area contributed by atoms with Crippen molar-refractivity contribution in [2.24, 2.45) is 0 Å². The van der Waals surface area contributed by atoms with Gasteiger partial charge >= 0.3 is 11.3 Å². The highest BCUT2D eigenvalue weighted by molar-refractivity contribution is 6.01. The highest BCUT2D eigenvalue weighted by atomic mass is 16.5. The lowest BCUT2D eigenvalue weighted by molar-refractivity contribution is 0.395. The summed E-state index contributed by atoms with van der Waals surface area (Å²) < 4.78 is 50.5. The number of hydrogen-bond acceptors (Lipinski definition) is 11. The molecule has 11 nitrogen and oxygen atoms in total. The van der Waals surface area contributed by atoms with Gasteiger partial charge in [0.25, 0.3) is 0 Å². The molecule has 7 aromatic rings. The summed E-state index contributed by atoms with van der Waals surface area (Å²) in [6, 6.07) is 12.9. The van der Waals surface area contributed by atoms with Crippen LogP contribution in [0.1, 0.15) is 0 Å². The zero-order valence-electron chi connectivity index (χ0n) is 22.1. The number of fused-ring (bicyclic) bond motifs is 5. The fraction of sp³-hybridized carbons (Fsp3) is 0.133. The van der Waals surface area contributed by atoms with E-state index in [0.717, 1.165) is 0 Å². The fourth-order valence-corrected chi connectivity index (χ4v) is 4.84. The van der Waals surface area contributed by atoms with E-state index < -0.39 is 11.3 Å². The molecule has 0 aliphatic carbocycles. The van der Waals surface area contributed by atoms with Gasteiger partial charge in [-0.15, -0.1) is 0 Å². The molecule has 0 aliphatic heterocycles. The summed E-state index contributed by atoms with van der Waals surface area (Å²) in [5.74, 6) is 2.29. The lowest BCUT2D eigenvalue weighted by Crippen LogP contribution is -2.03. The van der Waals surface area contributed by atoms with Gasteiger partial charge in [-0.25, -0.2) is 9.59 Å². The summed E-state index contributed by atoms with van der Waals surface area (Å²) in [5, 5.41) is 1.11. The Morgan fingerprint density at radius 1 is 0.463 bits per heavy atom. The number of benzene rings is 2. The van der Waals surface area contributed by atoms with E-state index in [1.807, 2.05) is 0 Å². The molecule has 0 atom stereocenters. The topological polar surface area (TPSA) is 137 Å². The van der Waals surface area contributed by atoms with E-state index in [2.05, 4.69) is 0 Å². The summed E-state index contributed by atoms with van der Waals surface area (Å²) in [5.41, 5.74) is 0.876. The van der Waals surface area contributed by atoms with E-state index in [-0.39, 0.29) is 33.8 Å². The second-order valence-electron chi connectivity index (χ2n) is 9.09. The monoisotopic (exact) mass is 556 g/mol. The van der Waals surface area contributed by atoms with Gasteiger partial charge in [0, 0.05) is 36.4 Å². The van der Waals surface area contributed by atoms with Crippen LogP contribution in [-0.4, -0.2) is 28.4 Å². The van der Waals surface area contributed by atoms with Crippen LogP contribution in [0, 0.1) is 0 Å². The molecule has 41 heavy (non-hydrogen) atoms. The van der Waals surface area contributed by atoms with Gasteiger partial charge < -0.3 is 41.0 Å². The first-order valence-corrected chi connectivity index (χ1v) is 12.3. The molecule has 2 aromatic carbocycles. The van der Waals surface area contributed by atoms with Crippen LogP contribution in [0.25, 0.3) is 66.9 Å². The minimum atomic E-state index is -0.625. The standard InChI is InChI=1S/C30H20O11/c1-33-13-5-19(35-3)15-9-17(29(31)40-21(15)7-13)23-11-25-27(38-23)28-26(37-25)12-24(39-28)18-10-16-20(36-4)6-14(34-2)8-22(16)41-30(18)32/h5-12H,1-4H3. The maximum absolute atomic E-state index is 12.9. The predicted molar refractivity (Wildman–Crippen MR) is 147 cm³/mol. The lowest BCUT2D eigenvalue weighted by atomic mass is 10.1. The van der Waals surface area contributed by atoms with E-state index in [1.165, 1.54) is 28.4 Å². The Balaban J connectivity index is 1.35. The summed E-state index contributed by atoms with van der Waals surface area (Å²) >= 11 is 0. The Morgan fingerprint density at radius 2 is 0.902 bits per heavy atom. The minimum Gasteiger partial charge on any atom is -0.496 e. The third-order valence-corrected chi connectivity index (χ3v) is 6.84. The molecule has 0 unspecified atom stereocenters. The van der Waals surface area contributed by atoms with Gasteiger partial charge in [0.05, 0.1) is 39.2 Å². The molecule has 5 aromatic heterocycles. The molecule has 0 aliphatic rings. The molecular formula is C30H20O11. The van der Waals surface area contributed by atoms with E-state index in [0.29, 0.717) is 56.1 Å². The number of hydrogen-bond donors (Lipinski definition) is 0. The first kappa shape index (κ1) is 24.5. The van der Waals surface area contributed by atoms with Gasteiger partial charge in [-0.05, 0) is 12.1 Å². The molecule has 0 fully saturated rings. The van der Waals surface area contributed by atoms with Crippen molar-refractivity contribution >= 4 is 44.3 Å². The maximum atomic E-state index is 12.9. The second-order valence-corrected chi connectivity index (χ2v) is 9.09. The van der Waals surface area contributed by atoms with Crippen molar-refractivity contribution in [1.82, 2.24) is 0 Å². The van der Waals surface area contributed by atoms with Crippen LogP contribution in [-0.2, 0) is 0 Å². The Kier molecular flexibility index (Phi) is 5.36. The molecule has 7 rings (SSSR count). The Labute approximate surface area is 229 Å². The highest BCUT2D eigenvalue weighted by Gasteiger charge is 2.24. The van der Waals surface area contributed by atoms with E-state index in [1.54, 1.807) is 48.5 Å². The minimum absolute atomic E-state index is 0.157. The van der Waals surface area contributed by atoms with Crippen LogP contribution in [0.15, 0.2) is 80.2 Å². The van der Waals surface area contributed by atoms with Crippen molar-refractivity contribution in [3.8, 4) is 45.6 Å². The fourth-order valence-electron chi connectivity index (χ4n) is 4.84. The van der Waals surface area contributed by atoms with Gasteiger partial charge in [-0.1, -0.05) is 0 Å². The van der Waals surface area contributed by atoms with Crippen LogP contribution >= 0.6 is 0 Å². The van der Waals surface area contributed by atoms with E-state index in [4.69, 9.17) is 41.0 Å². The third-order valence-electron chi connectivity index (χ3n) is 6.84. The van der Waals surface area contributed by atoms with Crippen molar-refractivity contribution in [1.29, 1.82) is 0 Å². The molecule has 5 heterocycles. The normalized spacial score (nSPS) is 11.6. The summed E-state index contributed by atoms with van der Waals surface area (Å²) in [6.45, 7) is 0. The molecule has 11 heteroatoms. The Bertz CT molecular complexity index is 2100. The molecule has 0 spiro atoms. The van der Waals surface area contributed by atoms with Crippen LogP contribution < -0.4 is 30.2 Å². The Morgan fingerprint density at radius 3 is 1.29 bits per heavy atom. The SMILES string of the molecule is COc1cc(OC)c2cc(-c3cc4oc5cc(-c6cc7c(OC)cc(OC)cc7oc6=O)oc5c4o3)c(=O)oc2c1. The van der Waals surface area contributed by atoms with Crippen LogP contribution in [0.5, 0.6) is 23.0 Å². The maximum Gasteiger partial charge on any atom is 0.347 e. The van der Waals surface area contributed by atoms with Crippen LogP contribution in [0.3, 0.4) is 0 Å². The van der Waals surface area contributed by atoms with Gasteiger partial charge in [0.15, 0.2) is 11.2 Å². The first-order valence-electron chi connectivity index (χ1n) is 12.3. The van der Waals surface area contributed by atoms with E-state index >= 15 is 0 Å². The van der Waals surface area contributed by atoms with Crippen molar-refractivity contribution in [2.45, 2.75) is 0 Å². The lowest BCUT2D eigenvalue weighted by Gasteiger charge is -2.08. The quantitative estimate of drug-likeness (QED) is 0.212. The second kappa shape index (κ2) is 8.98. The average Bonchev–Trinajstić information content (AvgIpc) is 3.66. The molecular weight excluding hydrogens is 536 g/mol. The van der Waals surface area contributed by atoms with Gasteiger partial charge in [0.1, 0.15) is 56.8 Å². The van der Waals surface area contributed by atoms with Crippen molar-refractivity contribution < 1.29 is 41.0 Å². The third kappa shape index (κ3) is 3.73. The largest absolute Gasteiger partial charge is 0.496 e. The average molecular weight is 556 g/mol. The van der Waals surface area contributed by atoms with Crippen molar-refractivity contribution in [2.75, 3.05) is 28.4 Å². The Hall–Kier alpha value is -5.58. The number of ether oxygens (including phenoxy) is 4. The van der Waals surface area contributed by atoms with E-state index in [9.17, 15) is 9.59 Å². The number of furan rings is 3. The zero-order chi connectivity index (χ0) is 28.4. The smallest absolute Gasteiger partial charge is 0.347 e. The molecule has 0 amide bonds. The van der Waals surface area contributed by atoms with Crippen molar-refractivity contribution in [3.05, 3.63) is 69.4 Å². The van der Waals surface area contributed by atoms with Crippen LogP contribution in [0.2, 0.25) is 0 Å². The summed E-state index contributed by atoms with van der Waals surface area (Å²) in [7, 11) is 6.03. The summed E-state index contributed by atoms with van der Waals surface area (Å²) in [4.78, 5) is 25.8. The zero-order valence-corrected chi connectivity index (χ0v) is 22.1. The molecule has 0 radical (unpaired) electrons. The van der Waals surface area contributed by atoms with Crippen molar-refractivity contribution in [3.63, 3.8) is 0 Å². The van der Waals surface area contributed by atoms with Gasteiger partial charge in [-0.2, -0.15) is 0 Å². The van der Waals surface area contributed by atoms with Crippen LogP contribution in [0.4, 0.5) is 0 Å². The molecule has 0 saturated heterocycles. The number of methoxy groups -OCH3 is 4. The molecule has 206 valence electrons. The van der Waals surface area contributed by atoms with Gasteiger partial charge in [-0.3, -0.25) is 0 Å².